The number of aryl methyl sites for hydroxylation is 1. The second kappa shape index (κ2) is 12.1. The molecular formula is C27H28ClNO4. The van der Waals surface area contributed by atoms with Gasteiger partial charge in [-0.2, -0.15) is 0 Å². The van der Waals surface area contributed by atoms with Gasteiger partial charge in [-0.15, -0.1) is 18.8 Å². The van der Waals surface area contributed by atoms with Crippen molar-refractivity contribution >= 4 is 12.4 Å². The molecule has 0 heterocycles. The summed E-state index contributed by atoms with van der Waals surface area (Å²) in [6.45, 7) is 0.753. The molecule has 0 saturated heterocycles. The van der Waals surface area contributed by atoms with Crippen molar-refractivity contribution in [3.63, 3.8) is 0 Å². The largest absolute Gasteiger partial charge is 0.457 e. The van der Waals surface area contributed by atoms with Crippen molar-refractivity contribution in [3.8, 4) is 35.3 Å². The lowest BCUT2D eigenvalue weighted by Crippen LogP contribution is -2.23. The van der Waals surface area contributed by atoms with Gasteiger partial charge in [0.1, 0.15) is 11.5 Å². The van der Waals surface area contributed by atoms with E-state index in [2.05, 4.69) is 17.9 Å². The van der Waals surface area contributed by atoms with Gasteiger partial charge in [0.15, 0.2) is 11.5 Å². The van der Waals surface area contributed by atoms with E-state index in [0.717, 1.165) is 24.3 Å². The number of terminal acetylenes is 1. The lowest BCUT2D eigenvalue weighted by atomic mass is 10.1. The van der Waals surface area contributed by atoms with Gasteiger partial charge in [-0.25, -0.2) is 0 Å². The fraction of sp³-hybridized carbons (Fsp3) is 0.259. The highest BCUT2D eigenvalue weighted by Crippen LogP contribution is 2.41. The molecule has 5 nitrogen and oxygen atoms in total. The SMILES string of the molecule is C#CCN(C)C1CCc2cc(OCOc3ccccc3)c(OCOc3ccccc3)cc21.Cl. The summed E-state index contributed by atoms with van der Waals surface area (Å²) in [5, 5.41) is 0. The normalized spacial score (nSPS) is 14.0. The molecular weight excluding hydrogens is 438 g/mol. The maximum absolute atomic E-state index is 6.00. The number of rotatable bonds is 10. The third-order valence-electron chi connectivity index (χ3n) is 5.49. The summed E-state index contributed by atoms with van der Waals surface area (Å²) >= 11 is 0. The monoisotopic (exact) mass is 465 g/mol. The molecule has 0 fully saturated rings. The molecule has 3 aromatic rings. The van der Waals surface area contributed by atoms with Crippen LogP contribution in [0.3, 0.4) is 0 Å². The minimum atomic E-state index is 0. The maximum atomic E-state index is 6.00. The van der Waals surface area contributed by atoms with E-state index in [1.54, 1.807) is 0 Å². The van der Waals surface area contributed by atoms with Gasteiger partial charge < -0.3 is 18.9 Å². The number of hydrogen-bond donors (Lipinski definition) is 0. The molecule has 4 rings (SSSR count). The molecule has 1 atom stereocenters. The van der Waals surface area contributed by atoms with Crippen LogP contribution in [-0.4, -0.2) is 32.1 Å². The van der Waals surface area contributed by atoms with Gasteiger partial charge in [0.2, 0.25) is 13.6 Å². The Morgan fingerprint density at radius 1 is 0.848 bits per heavy atom. The summed E-state index contributed by atoms with van der Waals surface area (Å²) in [5.41, 5.74) is 2.46. The second-order valence-electron chi connectivity index (χ2n) is 7.61. The van der Waals surface area contributed by atoms with Crippen LogP contribution in [0, 0.1) is 12.3 Å². The maximum Gasteiger partial charge on any atom is 0.231 e. The highest BCUT2D eigenvalue weighted by molar-refractivity contribution is 5.85. The van der Waals surface area contributed by atoms with Crippen molar-refractivity contribution in [2.45, 2.75) is 18.9 Å². The third kappa shape index (κ3) is 6.35. The van der Waals surface area contributed by atoms with Crippen molar-refractivity contribution < 1.29 is 18.9 Å². The number of ether oxygens (including phenoxy) is 4. The lowest BCUT2D eigenvalue weighted by Gasteiger charge is -2.24. The van der Waals surface area contributed by atoms with Crippen molar-refractivity contribution in [2.24, 2.45) is 0 Å². The standard InChI is InChI=1S/C27H27NO4.ClH/c1-3-16-28(2)25-15-14-21-17-26(31-19-29-22-10-6-4-7-11-22)27(18-24(21)25)32-20-30-23-12-8-5-9-13-23;/h1,4-13,17-18,25H,14-16,19-20H2,2H3;1H. The van der Waals surface area contributed by atoms with Crippen LogP contribution < -0.4 is 18.9 Å². The predicted molar refractivity (Wildman–Crippen MR) is 131 cm³/mol. The minimum absolute atomic E-state index is 0. The van der Waals surface area contributed by atoms with Crippen LogP contribution in [0.25, 0.3) is 0 Å². The van der Waals surface area contributed by atoms with E-state index in [1.165, 1.54) is 11.1 Å². The number of hydrogen-bond acceptors (Lipinski definition) is 5. The van der Waals surface area contributed by atoms with Crippen molar-refractivity contribution in [3.05, 3.63) is 83.9 Å². The molecule has 3 aromatic carbocycles. The number of nitrogens with zero attached hydrogens (tertiary/aromatic N) is 1. The average molecular weight is 466 g/mol. The zero-order valence-corrected chi connectivity index (χ0v) is 19.4. The first-order valence-corrected chi connectivity index (χ1v) is 10.7. The van der Waals surface area contributed by atoms with Gasteiger partial charge in [0.05, 0.1) is 6.54 Å². The van der Waals surface area contributed by atoms with Gasteiger partial charge >= 0.3 is 0 Å². The van der Waals surface area contributed by atoms with Gasteiger partial charge in [0.25, 0.3) is 0 Å². The fourth-order valence-electron chi connectivity index (χ4n) is 3.89. The number of benzene rings is 3. The minimum Gasteiger partial charge on any atom is -0.457 e. The van der Waals surface area contributed by atoms with E-state index in [4.69, 9.17) is 25.4 Å². The first-order valence-electron chi connectivity index (χ1n) is 10.7. The van der Waals surface area contributed by atoms with Crippen LogP contribution in [0.1, 0.15) is 23.6 Å². The van der Waals surface area contributed by atoms with Gasteiger partial charge in [0, 0.05) is 6.04 Å². The number of halogens is 1. The molecule has 33 heavy (non-hydrogen) atoms. The average Bonchev–Trinajstić information content (AvgIpc) is 3.23. The molecule has 0 radical (unpaired) electrons. The Morgan fingerprint density at radius 2 is 1.39 bits per heavy atom. The first-order chi connectivity index (χ1) is 15.7. The van der Waals surface area contributed by atoms with E-state index in [1.807, 2.05) is 72.8 Å². The zero-order valence-electron chi connectivity index (χ0n) is 18.6. The Bertz CT molecular complexity index is 1050. The molecule has 0 aliphatic heterocycles. The number of para-hydroxylation sites is 2. The Hall–Kier alpha value is -3.33. The summed E-state index contributed by atoms with van der Waals surface area (Å²) in [7, 11) is 2.05. The first kappa shape index (κ1) is 24.3. The van der Waals surface area contributed by atoms with Gasteiger partial charge in [-0.3, -0.25) is 4.90 Å². The molecule has 6 heteroatoms. The van der Waals surface area contributed by atoms with E-state index < -0.39 is 0 Å². The Labute approximate surface area is 201 Å². The highest BCUT2D eigenvalue weighted by Gasteiger charge is 2.28. The second-order valence-corrected chi connectivity index (χ2v) is 7.61. The van der Waals surface area contributed by atoms with Crippen molar-refractivity contribution in [2.75, 3.05) is 27.2 Å². The molecule has 0 spiro atoms. The van der Waals surface area contributed by atoms with E-state index >= 15 is 0 Å². The van der Waals surface area contributed by atoms with Crippen LogP contribution in [-0.2, 0) is 6.42 Å². The Balaban J connectivity index is 0.00000306. The fourth-order valence-corrected chi connectivity index (χ4v) is 3.89. The summed E-state index contributed by atoms with van der Waals surface area (Å²) < 4.78 is 23.4. The molecule has 1 aliphatic carbocycles. The third-order valence-corrected chi connectivity index (χ3v) is 5.49. The van der Waals surface area contributed by atoms with Crippen LogP contribution in [0.5, 0.6) is 23.0 Å². The van der Waals surface area contributed by atoms with Crippen LogP contribution in [0.4, 0.5) is 0 Å². The number of fused-ring (bicyclic) bond motifs is 1. The quantitative estimate of drug-likeness (QED) is 0.292. The molecule has 172 valence electrons. The van der Waals surface area contributed by atoms with E-state index in [-0.39, 0.29) is 32.0 Å². The smallest absolute Gasteiger partial charge is 0.231 e. The molecule has 1 aliphatic rings. The summed E-state index contributed by atoms with van der Waals surface area (Å²) in [6.07, 6.45) is 7.50. The van der Waals surface area contributed by atoms with Crippen LogP contribution >= 0.6 is 12.4 Å². The predicted octanol–water partition coefficient (Wildman–Crippen LogP) is 5.49. The molecule has 0 amide bonds. The molecule has 0 bridgehead atoms. The van der Waals surface area contributed by atoms with E-state index in [9.17, 15) is 0 Å². The summed E-state index contributed by atoms with van der Waals surface area (Å²) in [6, 6.07) is 23.5. The molecule has 0 aromatic heterocycles. The van der Waals surface area contributed by atoms with E-state index in [0.29, 0.717) is 18.0 Å². The highest BCUT2D eigenvalue weighted by atomic mass is 35.5. The van der Waals surface area contributed by atoms with Gasteiger partial charge in [-0.05, 0) is 67.4 Å². The Kier molecular flexibility index (Phi) is 8.88. The summed E-state index contributed by atoms with van der Waals surface area (Å²) in [5.74, 6) is 5.48. The van der Waals surface area contributed by atoms with Crippen molar-refractivity contribution in [1.82, 2.24) is 4.90 Å². The topological polar surface area (TPSA) is 40.2 Å². The molecule has 0 saturated carbocycles. The Morgan fingerprint density at radius 3 is 1.94 bits per heavy atom. The molecule has 1 unspecified atom stereocenters. The zero-order chi connectivity index (χ0) is 22.2. The van der Waals surface area contributed by atoms with Crippen molar-refractivity contribution in [1.29, 1.82) is 0 Å². The summed E-state index contributed by atoms with van der Waals surface area (Å²) in [4.78, 5) is 2.19. The van der Waals surface area contributed by atoms with Crippen LogP contribution in [0.15, 0.2) is 72.8 Å². The van der Waals surface area contributed by atoms with Crippen LogP contribution in [0.2, 0.25) is 0 Å². The lowest BCUT2D eigenvalue weighted by molar-refractivity contribution is 0.0943. The van der Waals surface area contributed by atoms with Gasteiger partial charge in [-0.1, -0.05) is 42.3 Å². The molecule has 0 N–H and O–H groups in total.